The van der Waals surface area contributed by atoms with Gasteiger partial charge in [-0.2, -0.15) is 0 Å². The number of benzene rings is 1. The number of hydrogen-bond donors (Lipinski definition) is 1. The quantitative estimate of drug-likeness (QED) is 0.884. The van der Waals surface area contributed by atoms with E-state index >= 15 is 0 Å². The van der Waals surface area contributed by atoms with E-state index in [4.69, 9.17) is 4.42 Å². The van der Waals surface area contributed by atoms with Gasteiger partial charge in [0.2, 0.25) is 0 Å². The molecule has 4 heteroatoms. The number of hydrogen-bond acceptors (Lipinski definition) is 4. The Morgan fingerprint density at radius 2 is 2.12 bits per heavy atom. The van der Waals surface area contributed by atoms with Crippen LogP contribution in [0.15, 0.2) is 22.6 Å². The Labute approximate surface area is 99.3 Å². The molecule has 1 unspecified atom stereocenters. The maximum absolute atomic E-state index is 11.7. The second kappa shape index (κ2) is 4.30. The van der Waals surface area contributed by atoms with Crippen LogP contribution in [0, 0.1) is 12.8 Å². The van der Waals surface area contributed by atoms with Crippen molar-refractivity contribution in [3.63, 3.8) is 0 Å². The molecule has 0 bridgehead atoms. The summed E-state index contributed by atoms with van der Waals surface area (Å²) in [6, 6.07) is 5.12. The van der Waals surface area contributed by atoms with Gasteiger partial charge in [-0.1, -0.05) is 19.9 Å². The Hall–Kier alpha value is -1.68. The Kier molecular flexibility index (Phi) is 2.98. The molecule has 0 aliphatic carbocycles. The number of Topliss-reactive ketones (excluding diaryl/α,β-unsaturated/α-hetero) is 1. The zero-order chi connectivity index (χ0) is 12.6. The summed E-state index contributed by atoms with van der Waals surface area (Å²) in [5, 5.41) is 9.91. The number of nitrogens with zero attached hydrogens (tertiary/aromatic N) is 1. The van der Waals surface area contributed by atoms with Gasteiger partial charge in [-0.25, -0.2) is 4.98 Å². The average molecular weight is 233 g/mol. The molecular weight excluding hydrogens is 218 g/mol. The van der Waals surface area contributed by atoms with Gasteiger partial charge in [0.1, 0.15) is 11.6 Å². The van der Waals surface area contributed by atoms with Gasteiger partial charge in [0.05, 0.1) is 0 Å². The monoisotopic (exact) mass is 233 g/mol. The average Bonchev–Trinajstić information content (AvgIpc) is 2.65. The van der Waals surface area contributed by atoms with Gasteiger partial charge in [-0.05, 0) is 17.7 Å². The van der Waals surface area contributed by atoms with E-state index in [-0.39, 0.29) is 11.7 Å². The third-order valence-electron chi connectivity index (χ3n) is 2.67. The molecule has 1 atom stereocenters. The second-order valence-electron chi connectivity index (χ2n) is 4.42. The topological polar surface area (TPSA) is 63.3 Å². The normalized spacial score (nSPS) is 13.2. The van der Waals surface area contributed by atoms with Gasteiger partial charge < -0.3 is 9.52 Å². The minimum Gasteiger partial charge on any atom is -0.441 e. The molecule has 1 aromatic carbocycles. The van der Waals surface area contributed by atoms with E-state index in [1.807, 2.05) is 0 Å². The van der Waals surface area contributed by atoms with E-state index in [1.165, 1.54) is 0 Å². The maximum atomic E-state index is 11.7. The van der Waals surface area contributed by atoms with Gasteiger partial charge in [0.25, 0.3) is 0 Å². The highest BCUT2D eigenvalue weighted by atomic mass is 16.3. The smallest absolute Gasteiger partial charge is 0.192 e. The number of carbonyl (C=O) groups excluding carboxylic acids is 1. The number of oxazole rings is 1. The van der Waals surface area contributed by atoms with Gasteiger partial charge in [-0.3, -0.25) is 4.79 Å². The highest BCUT2D eigenvalue weighted by Gasteiger charge is 2.21. The molecule has 2 aromatic rings. The SMILES string of the molecule is Cc1nc2ccc(C(O)C(=O)C(C)C)cc2o1. The summed E-state index contributed by atoms with van der Waals surface area (Å²) >= 11 is 0. The van der Waals surface area contributed by atoms with Crippen LogP contribution < -0.4 is 0 Å². The van der Waals surface area contributed by atoms with Crippen LogP contribution in [0.25, 0.3) is 11.1 Å². The summed E-state index contributed by atoms with van der Waals surface area (Å²) in [5.41, 5.74) is 1.87. The highest BCUT2D eigenvalue weighted by Crippen LogP contribution is 2.23. The molecule has 1 N–H and O–H groups in total. The minimum atomic E-state index is -1.09. The summed E-state index contributed by atoms with van der Waals surface area (Å²) in [5.74, 6) is 0.180. The molecule has 1 aromatic heterocycles. The van der Waals surface area contributed by atoms with E-state index < -0.39 is 6.10 Å². The van der Waals surface area contributed by atoms with E-state index in [2.05, 4.69) is 4.98 Å². The summed E-state index contributed by atoms with van der Waals surface area (Å²) in [6.45, 7) is 5.29. The molecule has 0 saturated carbocycles. The molecule has 0 aliphatic heterocycles. The molecule has 0 saturated heterocycles. The lowest BCUT2D eigenvalue weighted by molar-refractivity contribution is -0.130. The van der Waals surface area contributed by atoms with Crippen molar-refractivity contribution in [2.45, 2.75) is 26.9 Å². The standard InChI is InChI=1S/C13H15NO3/c1-7(2)12(15)13(16)9-4-5-10-11(6-9)17-8(3)14-10/h4-7,13,16H,1-3H3. The third kappa shape index (κ3) is 2.22. The van der Waals surface area contributed by atoms with E-state index in [9.17, 15) is 9.90 Å². The van der Waals surface area contributed by atoms with Gasteiger partial charge in [0, 0.05) is 12.8 Å². The molecular formula is C13H15NO3. The predicted molar refractivity (Wildman–Crippen MR) is 63.6 cm³/mol. The zero-order valence-electron chi connectivity index (χ0n) is 10.1. The van der Waals surface area contributed by atoms with Crippen molar-refractivity contribution < 1.29 is 14.3 Å². The molecule has 4 nitrogen and oxygen atoms in total. The van der Waals surface area contributed by atoms with Crippen molar-refractivity contribution in [1.82, 2.24) is 4.98 Å². The first-order valence-electron chi connectivity index (χ1n) is 5.58. The fourth-order valence-corrected chi connectivity index (χ4v) is 1.71. The Morgan fingerprint density at radius 1 is 1.41 bits per heavy atom. The van der Waals surface area contributed by atoms with Crippen molar-refractivity contribution in [3.8, 4) is 0 Å². The number of fused-ring (bicyclic) bond motifs is 1. The largest absolute Gasteiger partial charge is 0.441 e. The van der Waals surface area contributed by atoms with Crippen molar-refractivity contribution in [1.29, 1.82) is 0 Å². The predicted octanol–water partition coefficient (Wildman–Crippen LogP) is 2.39. The molecule has 0 amide bonds. The zero-order valence-corrected chi connectivity index (χ0v) is 10.1. The molecule has 0 aliphatic rings. The number of aliphatic hydroxyl groups is 1. The van der Waals surface area contributed by atoms with Crippen molar-refractivity contribution in [3.05, 3.63) is 29.7 Å². The number of carbonyl (C=O) groups is 1. The third-order valence-corrected chi connectivity index (χ3v) is 2.67. The molecule has 1 heterocycles. The van der Waals surface area contributed by atoms with Gasteiger partial charge in [-0.15, -0.1) is 0 Å². The van der Waals surface area contributed by atoms with Crippen LogP contribution >= 0.6 is 0 Å². The van der Waals surface area contributed by atoms with E-state index in [0.717, 1.165) is 5.52 Å². The van der Waals surface area contributed by atoms with E-state index in [0.29, 0.717) is 17.0 Å². The summed E-state index contributed by atoms with van der Waals surface area (Å²) in [4.78, 5) is 15.8. The number of aliphatic hydroxyl groups excluding tert-OH is 1. The number of ketones is 1. The van der Waals surface area contributed by atoms with Crippen LogP contribution in [0.4, 0.5) is 0 Å². The first-order chi connectivity index (χ1) is 7.99. The van der Waals surface area contributed by atoms with Crippen LogP contribution in [-0.4, -0.2) is 15.9 Å². The first kappa shape index (κ1) is 11.8. The minimum absolute atomic E-state index is 0.194. The first-order valence-corrected chi connectivity index (χ1v) is 5.58. The highest BCUT2D eigenvalue weighted by molar-refractivity contribution is 5.87. The molecule has 2 rings (SSSR count). The van der Waals surface area contributed by atoms with Crippen molar-refractivity contribution in [2.24, 2.45) is 5.92 Å². The fraction of sp³-hybridized carbons (Fsp3) is 0.385. The lowest BCUT2D eigenvalue weighted by Crippen LogP contribution is -2.17. The molecule has 17 heavy (non-hydrogen) atoms. The molecule has 0 fully saturated rings. The van der Waals surface area contributed by atoms with Crippen molar-refractivity contribution in [2.75, 3.05) is 0 Å². The lowest BCUT2D eigenvalue weighted by atomic mass is 9.98. The number of aryl methyl sites for hydroxylation is 1. The number of rotatable bonds is 3. The van der Waals surface area contributed by atoms with Crippen LogP contribution in [0.1, 0.15) is 31.4 Å². The van der Waals surface area contributed by atoms with Crippen LogP contribution in [-0.2, 0) is 4.79 Å². The second-order valence-corrected chi connectivity index (χ2v) is 4.42. The Morgan fingerprint density at radius 3 is 2.76 bits per heavy atom. The van der Waals surface area contributed by atoms with Crippen LogP contribution in [0.2, 0.25) is 0 Å². The number of aromatic nitrogens is 1. The summed E-state index contributed by atoms with van der Waals surface area (Å²) in [7, 11) is 0. The molecule has 0 radical (unpaired) electrons. The Bertz CT molecular complexity index is 557. The molecule has 90 valence electrons. The molecule has 0 spiro atoms. The van der Waals surface area contributed by atoms with Gasteiger partial charge in [0.15, 0.2) is 17.3 Å². The lowest BCUT2D eigenvalue weighted by Gasteiger charge is -2.11. The van der Waals surface area contributed by atoms with Crippen molar-refractivity contribution >= 4 is 16.9 Å². The Balaban J connectivity index is 2.38. The summed E-state index contributed by atoms with van der Waals surface area (Å²) in [6.07, 6.45) is -1.09. The summed E-state index contributed by atoms with van der Waals surface area (Å²) < 4.78 is 5.37. The van der Waals surface area contributed by atoms with Crippen LogP contribution in [0.3, 0.4) is 0 Å². The maximum Gasteiger partial charge on any atom is 0.192 e. The van der Waals surface area contributed by atoms with Gasteiger partial charge >= 0.3 is 0 Å². The van der Waals surface area contributed by atoms with E-state index in [1.54, 1.807) is 39.0 Å². The fourth-order valence-electron chi connectivity index (χ4n) is 1.71. The van der Waals surface area contributed by atoms with Crippen LogP contribution in [0.5, 0.6) is 0 Å².